The Morgan fingerprint density at radius 3 is 2.17 bits per heavy atom. The van der Waals surface area contributed by atoms with Gasteiger partial charge in [0.25, 0.3) is 21.8 Å². The predicted molar refractivity (Wildman–Crippen MR) is 213 cm³/mol. The summed E-state index contributed by atoms with van der Waals surface area (Å²) in [4.78, 5) is 61.9. The van der Waals surface area contributed by atoms with E-state index < -0.39 is 66.2 Å². The van der Waals surface area contributed by atoms with Crippen LogP contribution < -0.4 is 29.1 Å². The molecule has 4 amide bonds. The third kappa shape index (κ3) is 10.3. The van der Waals surface area contributed by atoms with E-state index in [2.05, 4.69) is 20.3 Å². The van der Waals surface area contributed by atoms with E-state index in [1.165, 1.54) is 51.6 Å². The molecule has 0 saturated carbocycles. The molecular weight excluding hydrogens is 853 g/mol. The second kappa shape index (κ2) is 19.5. The summed E-state index contributed by atoms with van der Waals surface area (Å²) in [6, 6.07) is 6.75. The number of unbranched alkanes of at least 4 members (excludes halogenated alkanes) is 2. The van der Waals surface area contributed by atoms with Crippen LogP contribution in [0.25, 0.3) is 5.65 Å². The smallest absolute Gasteiger partial charge is 0.344 e. The van der Waals surface area contributed by atoms with Crippen LogP contribution >= 0.6 is 11.6 Å². The van der Waals surface area contributed by atoms with Crippen molar-refractivity contribution in [3.05, 3.63) is 64.6 Å². The lowest BCUT2D eigenvalue weighted by Crippen LogP contribution is -2.36. The van der Waals surface area contributed by atoms with Crippen LogP contribution in [0, 0.1) is 5.82 Å². The fourth-order valence-electron chi connectivity index (χ4n) is 5.98. The fourth-order valence-corrected chi connectivity index (χ4v) is 8.84. The molecule has 60 heavy (non-hydrogen) atoms. The summed E-state index contributed by atoms with van der Waals surface area (Å²) in [5.74, 6) is -2.98. The summed E-state index contributed by atoms with van der Waals surface area (Å²) in [5, 5.41) is 0.715. The van der Waals surface area contributed by atoms with Crippen LogP contribution in [0.2, 0.25) is 5.02 Å². The molecule has 23 heteroatoms. The number of rotatable bonds is 15. The number of imide groups is 1. The second-order valence-electron chi connectivity index (χ2n) is 13.0. The largest absolute Gasteiger partial charge is 0.481 e. The molecule has 0 unspecified atom stereocenters. The molecule has 1 aliphatic heterocycles. The van der Waals surface area contributed by atoms with Gasteiger partial charge in [-0.25, -0.2) is 37.0 Å². The first-order valence-electron chi connectivity index (χ1n) is 18.4. The second-order valence-corrected chi connectivity index (χ2v) is 17.1. The first-order valence-corrected chi connectivity index (χ1v) is 21.9. The minimum absolute atomic E-state index is 0.000883. The van der Waals surface area contributed by atoms with Gasteiger partial charge in [-0.15, -0.1) is 0 Å². The quantitative estimate of drug-likeness (QED) is 0.0927. The van der Waals surface area contributed by atoms with Crippen molar-refractivity contribution < 1.29 is 59.4 Å². The van der Waals surface area contributed by atoms with Gasteiger partial charge < -0.3 is 18.9 Å². The van der Waals surface area contributed by atoms with E-state index in [9.17, 15) is 40.4 Å². The van der Waals surface area contributed by atoms with Crippen molar-refractivity contribution >= 4 is 72.6 Å². The molecule has 0 radical (unpaired) electrons. The summed E-state index contributed by atoms with van der Waals surface area (Å²) in [6.45, 7) is 3.28. The first-order chi connectivity index (χ1) is 28.5. The van der Waals surface area contributed by atoms with Gasteiger partial charge in [0.2, 0.25) is 17.7 Å². The number of pyridine rings is 1. The summed E-state index contributed by atoms with van der Waals surface area (Å²) in [5.41, 5.74) is 0.753. The van der Waals surface area contributed by atoms with Gasteiger partial charge in [-0.3, -0.25) is 19.3 Å². The zero-order valence-corrected chi connectivity index (χ0v) is 35.2. The number of anilines is 2. The zero-order valence-electron chi connectivity index (χ0n) is 32.8. The highest BCUT2D eigenvalue weighted by Crippen LogP contribution is 2.39. The molecule has 0 saturated heterocycles. The van der Waals surface area contributed by atoms with Crippen LogP contribution in [0.4, 0.5) is 20.8 Å². The topological polar surface area (TPSA) is 244 Å². The van der Waals surface area contributed by atoms with Gasteiger partial charge in [0.15, 0.2) is 26.5 Å². The molecule has 2 N–H and O–H groups in total. The van der Waals surface area contributed by atoms with Crippen LogP contribution in [0.1, 0.15) is 58.8 Å². The molecule has 1 aromatic carbocycles. The van der Waals surface area contributed by atoms with Crippen molar-refractivity contribution in [2.45, 2.75) is 68.8 Å². The number of sulfonamides is 1. The summed E-state index contributed by atoms with van der Waals surface area (Å²) in [7, 11) is -6.04. The molecule has 4 aromatic rings. The molecule has 6 rings (SSSR count). The number of ether oxygens (including phenoxy) is 4. The maximum Gasteiger partial charge on any atom is 0.344 e. The van der Waals surface area contributed by atoms with Gasteiger partial charge in [-0.05, 0) is 50.3 Å². The zero-order chi connectivity index (χ0) is 43.8. The molecule has 4 heterocycles. The van der Waals surface area contributed by atoms with Gasteiger partial charge in [0.05, 0.1) is 43.4 Å². The Labute approximate surface area is 349 Å². The summed E-state index contributed by atoms with van der Waals surface area (Å²) in [6.07, 6.45) is 6.72. The minimum atomic E-state index is -4.68. The number of esters is 1. The fraction of sp³-hybridized carbons (Fsp3) is 0.378. The van der Waals surface area contributed by atoms with Gasteiger partial charge in [0, 0.05) is 23.4 Å². The highest BCUT2D eigenvalue weighted by molar-refractivity contribution is 7.93. The number of nitrogens with zero attached hydrogens (tertiary/aromatic N) is 5. The van der Waals surface area contributed by atoms with E-state index in [1.807, 2.05) is 6.92 Å². The number of amides is 4. The van der Waals surface area contributed by atoms with E-state index in [0.29, 0.717) is 30.6 Å². The molecule has 0 atom stereocenters. The molecule has 0 bridgehead atoms. The van der Waals surface area contributed by atoms with E-state index in [1.54, 1.807) is 10.8 Å². The number of fused-ring (bicyclic) bond motifs is 1. The minimum Gasteiger partial charge on any atom is -0.481 e. The Hall–Kier alpha value is -5.87. The van der Waals surface area contributed by atoms with Crippen LogP contribution in [0.5, 0.6) is 17.5 Å². The monoisotopic (exact) mass is 893 g/mol. The molecule has 0 fully saturated rings. The Morgan fingerprint density at radius 2 is 1.57 bits per heavy atom. The van der Waals surface area contributed by atoms with Crippen molar-refractivity contribution in [3.8, 4) is 17.5 Å². The van der Waals surface area contributed by atoms with E-state index in [-0.39, 0.29) is 45.6 Å². The van der Waals surface area contributed by atoms with Crippen molar-refractivity contribution in [1.29, 1.82) is 0 Å². The maximum atomic E-state index is 14.5. The Kier molecular flexibility index (Phi) is 14.7. The summed E-state index contributed by atoms with van der Waals surface area (Å²) < 4.78 is 88.5. The number of halogens is 2. The van der Waals surface area contributed by atoms with Gasteiger partial charge >= 0.3 is 12.0 Å². The van der Waals surface area contributed by atoms with Crippen molar-refractivity contribution in [3.63, 3.8) is 0 Å². The highest BCUT2D eigenvalue weighted by Gasteiger charge is 2.41. The Balaban J connectivity index is 0.000000228. The van der Waals surface area contributed by atoms with E-state index >= 15 is 0 Å². The molecule has 0 spiro atoms. The van der Waals surface area contributed by atoms with Crippen molar-refractivity contribution in [2.75, 3.05) is 43.4 Å². The normalized spacial score (nSPS) is 14.0. The van der Waals surface area contributed by atoms with Crippen molar-refractivity contribution in [2.24, 2.45) is 0 Å². The lowest BCUT2D eigenvalue weighted by molar-refractivity contribution is -0.146. The van der Waals surface area contributed by atoms with Crippen LogP contribution in [-0.2, 0) is 39.0 Å². The molecule has 3 aromatic heterocycles. The third-order valence-corrected chi connectivity index (χ3v) is 12.3. The van der Waals surface area contributed by atoms with Crippen LogP contribution in [0.3, 0.4) is 0 Å². The number of sulfone groups is 1. The first kappa shape index (κ1) is 45.2. The average molecular weight is 894 g/mol. The lowest BCUT2D eigenvalue weighted by atomic mass is 9.93. The average Bonchev–Trinajstić information content (AvgIpc) is 3.75. The number of aromatic nitrogens is 4. The van der Waals surface area contributed by atoms with Gasteiger partial charge in [-0.2, -0.15) is 18.4 Å². The number of nitrogens with one attached hydrogen (secondary N) is 2. The number of carbonyl (C=O) groups excluding carboxylic acids is 4. The van der Waals surface area contributed by atoms with E-state index in [4.69, 9.17) is 30.5 Å². The number of carbonyl (C=O) groups is 4. The number of benzene rings is 1. The number of methoxy groups -OCH3 is 2. The predicted octanol–water partition coefficient (Wildman–Crippen LogP) is 4.78. The molecule has 1 aliphatic carbocycles. The molecule has 19 nitrogen and oxygen atoms in total. The standard InChI is InChI=1S/C21H23ClFNO5.C16H18N6O7S2/c1-2-3-6-9-28-19(25)12-29-18-11-17(16(23)10-15(18)22)24-20(26)13-7-4-5-8-14(13)21(24)27;1-4-30(24,25)13-14(22-8-6-5-7-10(22)17-13)31(26,27)21-16(23)20-15-18-11(28-2)9-12(19-15)29-3/h10-11H,2-9,12H2,1H3;5-9H,4H2,1-3H3,(H2,18,19,20,21,23). The van der Waals surface area contributed by atoms with Crippen LogP contribution in [-0.4, -0.2) is 93.2 Å². The molecular formula is C37H41ClFN7O12S2. The number of urea groups is 1. The SMILES string of the molecule is CCCCCOC(=O)COc1cc(N2C(=O)C3=C(CCCC3)C2=O)c(F)cc1Cl.CCS(=O)(=O)c1nc2ccccn2c1S(=O)(=O)NC(=O)Nc1nc(OC)cc(OC)n1. The van der Waals surface area contributed by atoms with Crippen LogP contribution in [0.15, 0.2) is 63.8 Å². The van der Waals surface area contributed by atoms with Gasteiger partial charge in [0.1, 0.15) is 17.2 Å². The Bertz CT molecular complexity index is 2520. The van der Waals surface area contributed by atoms with Crippen molar-refractivity contribution in [1.82, 2.24) is 24.1 Å². The lowest BCUT2D eigenvalue weighted by Gasteiger charge is -2.18. The molecule has 322 valence electrons. The Morgan fingerprint density at radius 1 is 0.917 bits per heavy atom. The third-order valence-electron chi connectivity index (χ3n) is 8.92. The highest BCUT2D eigenvalue weighted by atomic mass is 35.5. The number of imidazole rings is 1. The number of hydrogen-bond acceptors (Lipinski definition) is 15. The summed E-state index contributed by atoms with van der Waals surface area (Å²) >= 11 is 6.02. The van der Waals surface area contributed by atoms with Gasteiger partial charge in [-0.1, -0.05) is 44.4 Å². The maximum absolute atomic E-state index is 14.5. The molecule has 2 aliphatic rings. The number of hydrogen-bond donors (Lipinski definition) is 2. The van der Waals surface area contributed by atoms with E-state index in [0.717, 1.165) is 47.5 Å².